The molecule has 0 bridgehead atoms. The molecular weight excluding hydrogens is 232 g/mol. The van der Waals surface area contributed by atoms with Crippen LogP contribution in [0.3, 0.4) is 0 Å². The van der Waals surface area contributed by atoms with E-state index in [1.165, 1.54) is 0 Å². The van der Waals surface area contributed by atoms with Crippen molar-refractivity contribution in [2.24, 2.45) is 0 Å². The van der Waals surface area contributed by atoms with Gasteiger partial charge in [0, 0.05) is 11.7 Å². The maximum atomic E-state index is 12.0. The highest BCUT2D eigenvalue weighted by molar-refractivity contribution is 6.00. The molecule has 0 saturated heterocycles. The van der Waals surface area contributed by atoms with Gasteiger partial charge in [0.25, 0.3) is 5.91 Å². The third-order valence-electron chi connectivity index (χ3n) is 3.06. The predicted octanol–water partition coefficient (Wildman–Crippen LogP) is 1.70. The smallest absolute Gasteiger partial charge is 0.340 e. The first-order valence-electron chi connectivity index (χ1n) is 6.21. The van der Waals surface area contributed by atoms with Gasteiger partial charge < -0.3 is 15.0 Å². The number of carbonyl (C=O) groups is 2. The number of amides is 1. The fourth-order valence-electron chi connectivity index (χ4n) is 1.97. The van der Waals surface area contributed by atoms with Gasteiger partial charge in [0.1, 0.15) is 5.69 Å². The summed E-state index contributed by atoms with van der Waals surface area (Å²) < 4.78 is 4.99. The molecule has 5 nitrogen and oxygen atoms in total. The summed E-state index contributed by atoms with van der Waals surface area (Å²) in [6.45, 7) is 5.62. The molecule has 2 N–H and O–H groups in total. The molecule has 98 valence electrons. The first-order valence-corrected chi connectivity index (χ1v) is 6.21. The van der Waals surface area contributed by atoms with Gasteiger partial charge in [0.05, 0.1) is 12.2 Å². The molecule has 1 aromatic rings. The van der Waals surface area contributed by atoms with Gasteiger partial charge in [0.15, 0.2) is 0 Å². The number of esters is 1. The van der Waals surface area contributed by atoms with Crippen molar-refractivity contribution in [1.82, 2.24) is 10.3 Å². The van der Waals surface area contributed by atoms with E-state index in [0.717, 1.165) is 12.8 Å². The van der Waals surface area contributed by atoms with Crippen molar-refractivity contribution >= 4 is 11.9 Å². The standard InChI is InChI=1S/C13H18N2O3/c1-4-18-13(17)10-7(2)11(14-8(10)3)12(16)15-9-5-6-9/h9,14H,4-6H2,1-3H3,(H,15,16). The maximum Gasteiger partial charge on any atom is 0.340 e. The molecule has 0 aliphatic heterocycles. The predicted molar refractivity (Wildman–Crippen MR) is 66.7 cm³/mol. The van der Waals surface area contributed by atoms with E-state index in [-0.39, 0.29) is 11.9 Å². The molecule has 0 radical (unpaired) electrons. The highest BCUT2D eigenvalue weighted by atomic mass is 16.5. The first-order chi connectivity index (χ1) is 8.54. The lowest BCUT2D eigenvalue weighted by atomic mass is 10.1. The fraction of sp³-hybridized carbons (Fsp3) is 0.538. The van der Waals surface area contributed by atoms with E-state index in [0.29, 0.717) is 35.2 Å². The third-order valence-corrected chi connectivity index (χ3v) is 3.06. The number of aromatic nitrogens is 1. The summed E-state index contributed by atoms with van der Waals surface area (Å²) in [6.07, 6.45) is 2.07. The van der Waals surface area contributed by atoms with Gasteiger partial charge in [-0.1, -0.05) is 0 Å². The Hall–Kier alpha value is -1.78. The topological polar surface area (TPSA) is 71.2 Å². The lowest BCUT2D eigenvalue weighted by molar-refractivity contribution is 0.0525. The molecule has 2 rings (SSSR count). The van der Waals surface area contributed by atoms with Crippen LogP contribution in [0.15, 0.2) is 0 Å². The highest BCUT2D eigenvalue weighted by Gasteiger charge is 2.27. The van der Waals surface area contributed by atoms with Crippen LogP contribution in [0.1, 0.15) is 51.9 Å². The molecule has 0 aromatic carbocycles. The highest BCUT2D eigenvalue weighted by Crippen LogP contribution is 2.22. The van der Waals surface area contributed by atoms with Crippen LogP contribution in [0, 0.1) is 13.8 Å². The summed E-state index contributed by atoms with van der Waals surface area (Å²) in [5.74, 6) is -0.525. The summed E-state index contributed by atoms with van der Waals surface area (Å²) >= 11 is 0. The van der Waals surface area contributed by atoms with Crippen LogP contribution in [0.5, 0.6) is 0 Å². The van der Waals surface area contributed by atoms with Crippen LogP contribution in [-0.4, -0.2) is 29.5 Å². The second-order valence-electron chi connectivity index (χ2n) is 4.59. The van der Waals surface area contributed by atoms with E-state index in [2.05, 4.69) is 10.3 Å². The average Bonchev–Trinajstić information content (AvgIpc) is 3.04. The van der Waals surface area contributed by atoms with Crippen molar-refractivity contribution in [2.75, 3.05) is 6.61 Å². The molecule has 0 unspecified atom stereocenters. The summed E-state index contributed by atoms with van der Waals surface area (Å²) in [5, 5.41) is 2.90. The fourth-order valence-corrected chi connectivity index (χ4v) is 1.97. The second kappa shape index (κ2) is 4.84. The Morgan fingerprint density at radius 1 is 1.39 bits per heavy atom. The number of rotatable bonds is 4. The molecule has 5 heteroatoms. The van der Waals surface area contributed by atoms with Crippen molar-refractivity contribution < 1.29 is 14.3 Å². The first kappa shape index (κ1) is 12.7. The lowest BCUT2D eigenvalue weighted by Gasteiger charge is -2.03. The molecule has 1 heterocycles. The molecule has 1 saturated carbocycles. The van der Waals surface area contributed by atoms with Crippen LogP contribution < -0.4 is 5.32 Å². The zero-order chi connectivity index (χ0) is 13.3. The number of H-pyrrole nitrogens is 1. The third kappa shape index (κ3) is 2.39. The Labute approximate surface area is 106 Å². The molecule has 1 amide bonds. The van der Waals surface area contributed by atoms with E-state index >= 15 is 0 Å². The van der Waals surface area contributed by atoms with Crippen molar-refractivity contribution in [3.8, 4) is 0 Å². The zero-order valence-electron chi connectivity index (χ0n) is 10.9. The minimum Gasteiger partial charge on any atom is -0.462 e. The second-order valence-corrected chi connectivity index (χ2v) is 4.59. The number of aromatic amines is 1. The van der Waals surface area contributed by atoms with Gasteiger partial charge in [-0.05, 0) is 39.2 Å². The molecular formula is C13H18N2O3. The molecule has 1 aliphatic carbocycles. The van der Waals surface area contributed by atoms with Crippen LogP contribution in [0.4, 0.5) is 0 Å². The quantitative estimate of drug-likeness (QED) is 0.799. The van der Waals surface area contributed by atoms with Gasteiger partial charge >= 0.3 is 5.97 Å². The van der Waals surface area contributed by atoms with Crippen molar-refractivity contribution in [3.63, 3.8) is 0 Å². The molecule has 1 aliphatic rings. The Kier molecular flexibility index (Phi) is 3.41. The van der Waals surface area contributed by atoms with Gasteiger partial charge in [-0.25, -0.2) is 4.79 Å². The molecule has 18 heavy (non-hydrogen) atoms. The van der Waals surface area contributed by atoms with Crippen LogP contribution in [0.2, 0.25) is 0 Å². The van der Waals surface area contributed by atoms with E-state index in [1.54, 1.807) is 20.8 Å². The van der Waals surface area contributed by atoms with Gasteiger partial charge in [-0.3, -0.25) is 4.79 Å². The molecule has 1 fully saturated rings. The SMILES string of the molecule is CCOC(=O)c1c(C)[nH]c(C(=O)NC2CC2)c1C. The van der Waals surface area contributed by atoms with Crippen molar-refractivity contribution in [1.29, 1.82) is 0 Å². The molecule has 1 aromatic heterocycles. The Balaban J connectivity index is 2.24. The average molecular weight is 250 g/mol. The lowest BCUT2D eigenvalue weighted by Crippen LogP contribution is -2.26. The Morgan fingerprint density at radius 2 is 2.06 bits per heavy atom. The summed E-state index contributed by atoms with van der Waals surface area (Å²) in [7, 11) is 0. The van der Waals surface area contributed by atoms with E-state index in [4.69, 9.17) is 4.74 Å². The van der Waals surface area contributed by atoms with E-state index in [1.807, 2.05) is 0 Å². The number of ether oxygens (including phenoxy) is 1. The van der Waals surface area contributed by atoms with Gasteiger partial charge in [-0.2, -0.15) is 0 Å². The van der Waals surface area contributed by atoms with Crippen LogP contribution >= 0.6 is 0 Å². The number of hydrogen-bond acceptors (Lipinski definition) is 3. The number of carbonyl (C=O) groups excluding carboxylic acids is 2. The van der Waals surface area contributed by atoms with Crippen molar-refractivity contribution in [3.05, 3.63) is 22.5 Å². The van der Waals surface area contributed by atoms with Crippen LogP contribution in [-0.2, 0) is 4.74 Å². The van der Waals surface area contributed by atoms with Gasteiger partial charge in [0.2, 0.25) is 0 Å². The molecule has 0 spiro atoms. The Morgan fingerprint density at radius 3 is 2.61 bits per heavy atom. The van der Waals surface area contributed by atoms with E-state index in [9.17, 15) is 9.59 Å². The monoisotopic (exact) mass is 250 g/mol. The zero-order valence-corrected chi connectivity index (χ0v) is 10.9. The normalized spacial score (nSPS) is 14.4. The van der Waals surface area contributed by atoms with Gasteiger partial charge in [-0.15, -0.1) is 0 Å². The number of hydrogen-bond donors (Lipinski definition) is 2. The Bertz CT molecular complexity index is 487. The minimum absolute atomic E-state index is 0.145. The summed E-state index contributed by atoms with van der Waals surface area (Å²) in [4.78, 5) is 26.7. The molecule has 0 atom stereocenters. The van der Waals surface area contributed by atoms with Crippen molar-refractivity contribution in [2.45, 2.75) is 39.7 Å². The minimum atomic E-state index is -0.380. The maximum absolute atomic E-state index is 12.0. The van der Waals surface area contributed by atoms with E-state index < -0.39 is 0 Å². The largest absolute Gasteiger partial charge is 0.462 e. The summed E-state index contributed by atoms with van der Waals surface area (Å²) in [5.41, 5.74) is 2.26. The number of nitrogens with one attached hydrogen (secondary N) is 2. The number of aryl methyl sites for hydroxylation is 1. The summed E-state index contributed by atoms with van der Waals surface area (Å²) in [6, 6.07) is 0.298. The van der Waals surface area contributed by atoms with Crippen LogP contribution in [0.25, 0.3) is 0 Å².